The quantitative estimate of drug-likeness (QED) is 0.0665. The number of hydrogen-bond acceptors (Lipinski definition) is 3. The maximum atomic E-state index is 12.4. The zero-order valence-electron chi connectivity index (χ0n) is 26.5. The van der Waals surface area contributed by atoms with Crippen LogP contribution in [0.3, 0.4) is 0 Å². The van der Waals surface area contributed by atoms with Gasteiger partial charge in [0, 0.05) is 12.8 Å². The van der Waals surface area contributed by atoms with Gasteiger partial charge >= 0.3 is 11.9 Å². The minimum Gasteiger partial charge on any atom is -0.481 e. The van der Waals surface area contributed by atoms with Gasteiger partial charge in [-0.1, -0.05) is 168 Å². The van der Waals surface area contributed by atoms with Crippen LogP contribution in [0.25, 0.3) is 0 Å². The molecule has 0 radical (unpaired) electrons. The molecule has 0 aromatic carbocycles. The van der Waals surface area contributed by atoms with E-state index in [0.717, 1.165) is 32.1 Å². The van der Waals surface area contributed by atoms with Crippen molar-refractivity contribution in [2.45, 2.75) is 213 Å². The maximum absolute atomic E-state index is 12.4. The van der Waals surface area contributed by atoms with Gasteiger partial charge in [-0.25, -0.2) is 0 Å². The van der Waals surface area contributed by atoms with Crippen molar-refractivity contribution in [1.29, 1.82) is 0 Å². The van der Waals surface area contributed by atoms with Crippen molar-refractivity contribution in [3.63, 3.8) is 0 Å². The number of carboxylic acid groups (broad SMARTS) is 1. The molecule has 0 heterocycles. The van der Waals surface area contributed by atoms with Crippen molar-refractivity contribution in [3.05, 3.63) is 0 Å². The zero-order valence-corrected chi connectivity index (χ0v) is 26.5. The fourth-order valence-corrected chi connectivity index (χ4v) is 5.47. The summed E-state index contributed by atoms with van der Waals surface area (Å²) in [4.78, 5) is 23.4. The molecule has 232 valence electrons. The Morgan fingerprint density at radius 3 is 1.15 bits per heavy atom. The monoisotopic (exact) mass is 553 g/mol. The average molecular weight is 553 g/mol. The number of ether oxygens (including phenoxy) is 1. The number of hydrogen-bond donors (Lipinski definition) is 1. The third kappa shape index (κ3) is 31.3. The Kier molecular flexibility index (Phi) is 30.6. The molecular formula is C35H68O4. The summed E-state index contributed by atoms with van der Waals surface area (Å²) in [6.45, 7) is 4.53. The summed E-state index contributed by atoms with van der Waals surface area (Å²) >= 11 is 0. The van der Waals surface area contributed by atoms with Gasteiger partial charge in [-0.15, -0.1) is 0 Å². The van der Waals surface area contributed by atoms with Gasteiger partial charge in [0.05, 0.1) is 0 Å². The number of unbranched alkanes of at least 4 members (excludes halogenated alkanes) is 24. The first-order valence-electron chi connectivity index (χ1n) is 17.5. The standard InChI is InChI=1S/C35H68O4/c1-3-5-7-9-11-13-15-16-17-18-20-22-24-26-28-30-35(38)39-33(31-32-34(36)37)29-27-25-23-21-19-14-12-10-8-6-4-2/h33H,3-32H2,1-2H3,(H,36,37). The molecule has 0 aromatic heterocycles. The Morgan fingerprint density at radius 1 is 0.462 bits per heavy atom. The molecule has 1 unspecified atom stereocenters. The Hall–Kier alpha value is -1.06. The molecular weight excluding hydrogens is 484 g/mol. The van der Waals surface area contributed by atoms with Crippen molar-refractivity contribution in [2.75, 3.05) is 0 Å². The Balaban J connectivity index is 3.71. The summed E-state index contributed by atoms with van der Waals surface area (Å²) in [5.74, 6) is -0.944. The van der Waals surface area contributed by atoms with Crippen LogP contribution < -0.4 is 0 Å². The van der Waals surface area contributed by atoms with E-state index in [-0.39, 0.29) is 18.5 Å². The minimum atomic E-state index is -0.808. The molecule has 0 aromatic rings. The highest BCUT2D eigenvalue weighted by Gasteiger charge is 2.15. The predicted molar refractivity (Wildman–Crippen MR) is 167 cm³/mol. The second-order valence-electron chi connectivity index (χ2n) is 12.1. The number of carboxylic acids is 1. The minimum absolute atomic E-state index is 0.0783. The molecule has 0 fully saturated rings. The van der Waals surface area contributed by atoms with Crippen molar-refractivity contribution in [2.24, 2.45) is 0 Å². The number of carbonyl (C=O) groups is 2. The molecule has 0 saturated carbocycles. The smallest absolute Gasteiger partial charge is 0.306 e. The van der Waals surface area contributed by atoms with E-state index in [1.54, 1.807) is 0 Å². The average Bonchev–Trinajstić information content (AvgIpc) is 2.92. The molecule has 0 saturated heterocycles. The van der Waals surface area contributed by atoms with E-state index >= 15 is 0 Å². The molecule has 0 rings (SSSR count). The van der Waals surface area contributed by atoms with Crippen molar-refractivity contribution in [1.82, 2.24) is 0 Å². The lowest BCUT2D eigenvalue weighted by atomic mass is 10.0. The van der Waals surface area contributed by atoms with Crippen LogP contribution in [-0.4, -0.2) is 23.1 Å². The molecule has 0 aliphatic heterocycles. The van der Waals surface area contributed by atoms with Gasteiger partial charge in [0.15, 0.2) is 0 Å². The van der Waals surface area contributed by atoms with E-state index in [4.69, 9.17) is 9.84 Å². The molecule has 0 spiro atoms. The van der Waals surface area contributed by atoms with E-state index < -0.39 is 5.97 Å². The second kappa shape index (κ2) is 31.5. The highest BCUT2D eigenvalue weighted by molar-refractivity contribution is 5.69. The van der Waals surface area contributed by atoms with E-state index in [0.29, 0.717) is 12.8 Å². The first kappa shape index (κ1) is 37.9. The lowest BCUT2D eigenvalue weighted by Crippen LogP contribution is -2.19. The molecule has 0 aliphatic carbocycles. The number of carbonyl (C=O) groups excluding carboxylic acids is 1. The molecule has 4 nitrogen and oxygen atoms in total. The highest BCUT2D eigenvalue weighted by Crippen LogP contribution is 2.18. The topological polar surface area (TPSA) is 63.6 Å². The van der Waals surface area contributed by atoms with Crippen LogP contribution in [0.5, 0.6) is 0 Å². The lowest BCUT2D eigenvalue weighted by Gasteiger charge is -2.17. The molecule has 0 bridgehead atoms. The van der Waals surface area contributed by atoms with Gasteiger partial charge in [0.1, 0.15) is 6.10 Å². The molecule has 39 heavy (non-hydrogen) atoms. The van der Waals surface area contributed by atoms with Crippen molar-refractivity contribution >= 4 is 11.9 Å². The van der Waals surface area contributed by atoms with Gasteiger partial charge in [-0.05, 0) is 25.7 Å². The SMILES string of the molecule is CCCCCCCCCCCCCCCCCC(=O)OC(CCCCCCCCCCCCC)CCC(=O)O. The van der Waals surface area contributed by atoms with Crippen LogP contribution >= 0.6 is 0 Å². The van der Waals surface area contributed by atoms with Gasteiger partial charge in [0.25, 0.3) is 0 Å². The van der Waals surface area contributed by atoms with Crippen LogP contribution in [-0.2, 0) is 14.3 Å². The van der Waals surface area contributed by atoms with Gasteiger partial charge in [-0.3, -0.25) is 9.59 Å². The second-order valence-corrected chi connectivity index (χ2v) is 12.1. The van der Waals surface area contributed by atoms with E-state index in [2.05, 4.69) is 13.8 Å². The van der Waals surface area contributed by atoms with Gasteiger partial charge in [0.2, 0.25) is 0 Å². The number of rotatable bonds is 32. The number of esters is 1. The van der Waals surface area contributed by atoms with Crippen LogP contribution in [0, 0.1) is 0 Å². The van der Waals surface area contributed by atoms with Crippen LogP contribution in [0.15, 0.2) is 0 Å². The first-order valence-corrected chi connectivity index (χ1v) is 17.5. The summed E-state index contributed by atoms with van der Waals surface area (Å²) in [7, 11) is 0. The number of aliphatic carboxylic acids is 1. The third-order valence-electron chi connectivity index (χ3n) is 8.09. The highest BCUT2D eigenvalue weighted by atomic mass is 16.5. The van der Waals surface area contributed by atoms with Crippen molar-refractivity contribution in [3.8, 4) is 0 Å². The molecule has 4 heteroatoms. The fourth-order valence-electron chi connectivity index (χ4n) is 5.47. The predicted octanol–water partition coefficient (Wildman–Crippen LogP) is 11.7. The first-order chi connectivity index (χ1) is 19.1. The van der Waals surface area contributed by atoms with Crippen LogP contribution in [0.2, 0.25) is 0 Å². The summed E-state index contributed by atoms with van der Waals surface area (Å²) in [5, 5.41) is 9.07. The molecule has 1 N–H and O–H groups in total. The normalized spacial score (nSPS) is 12.1. The Labute approximate surface area is 243 Å². The van der Waals surface area contributed by atoms with Crippen LogP contribution in [0.4, 0.5) is 0 Å². The Morgan fingerprint density at radius 2 is 0.795 bits per heavy atom. The van der Waals surface area contributed by atoms with E-state index in [1.165, 1.54) is 141 Å². The summed E-state index contributed by atoms with van der Waals surface area (Å²) in [5.41, 5.74) is 0. The van der Waals surface area contributed by atoms with Crippen molar-refractivity contribution < 1.29 is 19.4 Å². The fraction of sp³-hybridized carbons (Fsp3) is 0.943. The summed E-state index contributed by atoms with van der Waals surface area (Å²) < 4.78 is 5.71. The maximum Gasteiger partial charge on any atom is 0.306 e. The zero-order chi connectivity index (χ0) is 28.7. The largest absolute Gasteiger partial charge is 0.481 e. The Bertz CT molecular complexity index is 519. The van der Waals surface area contributed by atoms with Crippen LogP contribution in [0.1, 0.15) is 206 Å². The summed E-state index contributed by atoms with van der Waals surface area (Å²) in [6.07, 6.45) is 35.4. The van der Waals surface area contributed by atoms with Gasteiger partial charge < -0.3 is 9.84 Å². The third-order valence-corrected chi connectivity index (χ3v) is 8.09. The van der Waals surface area contributed by atoms with Gasteiger partial charge in [-0.2, -0.15) is 0 Å². The molecule has 0 amide bonds. The summed E-state index contributed by atoms with van der Waals surface area (Å²) in [6, 6.07) is 0. The van der Waals surface area contributed by atoms with E-state index in [1.807, 2.05) is 0 Å². The molecule has 0 aliphatic rings. The molecule has 1 atom stereocenters. The van der Waals surface area contributed by atoms with E-state index in [9.17, 15) is 9.59 Å². The lowest BCUT2D eigenvalue weighted by molar-refractivity contribution is -0.151.